The molecule has 23 heavy (non-hydrogen) atoms. The molecule has 0 aliphatic carbocycles. The average Bonchev–Trinajstić information content (AvgIpc) is 2.52. The summed E-state index contributed by atoms with van der Waals surface area (Å²) in [5, 5.41) is 0. The van der Waals surface area contributed by atoms with Gasteiger partial charge in [0.15, 0.2) is 5.78 Å². The first-order valence-electron chi connectivity index (χ1n) is 9.53. The Morgan fingerprint density at radius 2 is 1.43 bits per heavy atom. The van der Waals surface area contributed by atoms with E-state index in [1.165, 1.54) is 12.8 Å². The van der Waals surface area contributed by atoms with Gasteiger partial charge in [-0.2, -0.15) is 0 Å². The van der Waals surface area contributed by atoms with Gasteiger partial charge in [0, 0.05) is 25.7 Å². The van der Waals surface area contributed by atoms with Crippen LogP contribution in [0.25, 0.3) is 0 Å². The highest BCUT2D eigenvalue weighted by Gasteiger charge is 2.42. The Balaban J connectivity index is 4.65. The zero-order valence-corrected chi connectivity index (χ0v) is 17.0. The molecular formula is C18H38O4Si. The summed E-state index contributed by atoms with van der Waals surface area (Å²) in [7, 11) is -2.74. The van der Waals surface area contributed by atoms with Crippen molar-refractivity contribution in [2.75, 3.05) is 13.2 Å². The maximum Gasteiger partial charge on any atom is 0.501 e. The molecule has 0 saturated carbocycles. The predicted molar refractivity (Wildman–Crippen MR) is 97.7 cm³/mol. The lowest BCUT2D eigenvalue weighted by Gasteiger charge is -2.31. The third-order valence-electron chi connectivity index (χ3n) is 3.90. The Morgan fingerprint density at radius 3 is 1.96 bits per heavy atom. The summed E-state index contributed by atoms with van der Waals surface area (Å²) >= 11 is 0. The fourth-order valence-corrected chi connectivity index (χ4v) is 5.47. The summed E-state index contributed by atoms with van der Waals surface area (Å²) < 4.78 is 18.0. The molecule has 1 unspecified atom stereocenters. The Labute approximate surface area is 144 Å². The highest BCUT2D eigenvalue weighted by Crippen LogP contribution is 2.23. The van der Waals surface area contributed by atoms with E-state index in [-0.39, 0.29) is 5.78 Å². The molecule has 0 aromatic heterocycles. The zero-order chi connectivity index (χ0) is 17.6. The Hall–Kier alpha value is -0.233. The lowest BCUT2D eigenvalue weighted by atomic mass is 10.1. The third kappa shape index (κ3) is 10.3. The van der Waals surface area contributed by atoms with Gasteiger partial charge in [0.25, 0.3) is 0 Å². The van der Waals surface area contributed by atoms with Crippen molar-refractivity contribution in [3.8, 4) is 0 Å². The van der Waals surface area contributed by atoms with Crippen molar-refractivity contribution < 1.29 is 18.1 Å². The molecule has 0 radical (unpaired) electrons. The molecule has 0 rings (SSSR count). The first-order valence-corrected chi connectivity index (χ1v) is 11.5. The van der Waals surface area contributed by atoms with Crippen molar-refractivity contribution in [3.63, 3.8) is 0 Å². The molecule has 0 N–H and O–H groups in total. The molecular weight excluding hydrogens is 308 g/mol. The van der Waals surface area contributed by atoms with E-state index >= 15 is 0 Å². The minimum absolute atomic E-state index is 0.170. The summed E-state index contributed by atoms with van der Waals surface area (Å²) in [5.41, 5.74) is 0. The lowest BCUT2D eigenvalue weighted by Crippen LogP contribution is -2.49. The summed E-state index contributed by atoms with van der Waals surface area (Å²) in [6.45, 7) is 11.2. The number of carbonyl (C=O) groups is 1. The van der Waals surface area contributed by atoms with Gasteiger partial charge in [0.2, 0.25) is 0 Å². The van der Waals surface area contributed by atoms with Crippen molar-refractivity contribution in [1.82, 2.24) is 0 Å². The van der Waals surface area contributed by atoms with E-state index in [0.29, 0.717) is 19.6 Å². The van der Waals surface area contributed by atoms with Gasteiger partial charge in [-0.1, -0.05) is 46.0 Å². The molecule has 0 heterocycles. The van der Waals surface area contributed by atoms with E-state index in [4.69, 9.17) is 13.3 Å². The maximum absolute atomic E-state index is 12.3. The molecule has 138 valence electrons. The summed E-state index contributed by atoms with van der Waals surface area (Å²) in [6.07, 6.45) is 7.93. The number of carbonyl (C=O) groups excluding carboxylic acids is 1. The highest BCUT2D eigenvalue weighted by molar-refractivity contribution is 6.60. The van der Waals surface area contributed by atoms with Crippen LogP contribution >= 0.6 is 0 Å². The van der Waals surface area contributed by atoms with E-state index in [1.54, 1.807) is 0 Å². The Morgan fingerprint density at radius 1 is 0.870 bits per heavy atom. The molecule has 1 atom stereocenters. The van der Waals surface area contributed by atoms with Gasteiger partial charge in [-0.15, -0.1) is 0 Å². The minimum Gasteiger partial charge on any atom is -0.374 e. The molecule has 5 heteroatoms. The highest BCUT2D eigenvalue weighted by atomic mass is 28.4. The molecule has 0 aliphatic heterocycles. The first kappa shape index (κ1) is 22.8. The van der Waals surface area contributed by atoms with E-state index in [2.05, 4.69) is 13.8 Å². The maximum atomic E-state index is 12.3. The molecule has 0 aromatic carbocycles. The first-order chi connectivity index (χ1) is 11.0. The Bertz CT molecular complexity index is 291. The fraction of sp³-hybridized carbons (Fsp3) is 0.944. The third-order valence-corrected chi connectivity index (χ3v) is 7.04. The largest absolute Gasteiger partial charge is 0.501 e. The standard InChI is InChI=1S/C18H38O4Si/c1-6-10-12-14-16-23(20-8-3,21-9-4)22-17(5)18(19)15-13-11-7-2/h17H,6-16H2,1-5H3. The van der Waals surface area contributed by atoms with E-state index in [1.807, 2.05) is 20.8 Å². The van der Waals surface area contributed by atoms with Crippen LogP contribution in [0.15, 0.2) is 0 Å². The summed E-state index contributed by atoms with van der Waals surface area (Å²) in [4.78, 5) is 12.3. The molecule has 0 saturated heterocycles. The molecule has 0 bridgehead atoms. The Kier molecular flexibility index (Phi) is 14.0. The van der Waals surface area contributed by atoms with Gasteiger partial charge in [-0.25, -0.2) is 0 Å². The molecule has 4 nitrogen and oxygen atoms in total. The average molecular weight is 347 g/mol. The van der Waals surface area contributed by atoms with Crippen LogP contribution in [0.5, 0.6) is 0 Å². The predicted octanol–water partition coefficient (Wildman–Crippen LogP) is 5.13. The zero-order valence-electron chi connectivity index (χ0n) is 16.0. The van der Waals surface area contributed by atoms with E-state index in [0.717, 1.165) is 38.1 Å². The minimum atomic E-state index is -2.74. The second-order valence-electron chi connectivity index (χ2n) is 6.04. The monoisotopic (exact) mass is 346 g/mol. The van der Waals surface area contributed by atoms with Gasteiger partial charge in [-0.3, -0.25) is 4.79 Å². The molecule has 0 fully saturated rings. The van der Waals surface area contributed by atoms with Crippen LogP contribution in [-0.2, 0) is 18.1 Å². The van der Waals surface area contributed by atoms with Gasteiger partial charge in [-0.05, 0) is 33.6 Å². The van der Waals surface area contributed by atoms with E-state index < -0.39 is 14.9 Å². The van der Waals surface area contributed by atoms with Crippen molar-refractivity contribution in [2.45, 2.75) is 98.1 Å². The van der Waals surface area contributed by atoms with Crippen LogP contribution in [0.2, 0.25) is 6.04 Å². The quantitative estimate of drug-likeness (QED) is 0.287. The summed E-state index contributed by atoms with van der Waals surface area (Å²) in [5.74, 6) is 0.170. The number of ketones is 1. The second kappa shape index (κ2) is 14.1. The van der Waals surface area contributed by atoms with Crippen molar-refractivity contribution in [3.05, 3.63) is 0 Å². The van der Waals surface area contributed by atoms with Crippen molar-refractivity contribution >= 4 is 14.6 Å². The fourth-order valence-electron chi connectivity index (χ4n) is 2.61. The van der Waals surface area contributed by atoms with Crippen LogP contribution in [0.4, 0.5) is 0 Å². The number of unbranched alkanes of at least 4 members (excludes halogenated alkanes) is 5. The van der Waals surface area contributed by atoms with Gasteiger partial charge < -0.3 is 13.3 Å². The van der Waals surface area contributed by atoms with Crippen LogP contribution in [-0.4, -0.2) is 33.9 Å². The topological polar surface area (TPSA) is 44.8 Å². The molecule has 0 aromatic rings. The molecule has 0 amide bonds. The SMILES string of the molecule is CCCCCC[Si](OCC)(OCC)OC(C)C(=O)CCCCC. The number of hydrogen-bond donors (Lipinski definition) is 0. The summed E-state index contributed by atoms with van der Waals surface area (Å²) in [6, 6.07) is 0.807. The van der Waals surface area contributed by atoms with E-state index in [9.17, 15) is 4.79 Å². The smallest absolute Gasteiger partial charge is 0.374 e. The molecule has 0 aliphatic rings. The number of hydrogen-bond acceptors (Lipinski definition) is 4. The normalized spacial score (nSPS) is 13.3. The van der Waals surface area contributed by atoms with Gasteiger partial charge >= 0.3 is 8.80 Å². The van der Waals surface area contributed by atoms with Crippen LogP contribution in [0, 0.1) is 0 Å². The second-order valence-corrected chi connectivity index (χ2v) is 8.72. The van der Waals surface area contributed by atoms with Gasteiger partial charge in [0.1, 0.15) is 6.10 Å². The lowest BCUT2D eigenvalue weighted by molar-refractivity contribution is -0.127. The van der Waals surface area contributed by atoms with Gasteiger partial charge in [0.05, 0.1) is 0 Å². The van der Waals surface area contributed by atoms with Crippen molar-refractivity contribution in [2.24, 2.45) is 0 Å². The molecule has 0 spiro atoms. The van der Waals surface area contributed by atoms with Crippen LogP contribution in [0.1, 0.15) is 86.0 Å². The van der Waals surface area contributed by atoms with Crippen LogP contribution < -0.4 is 0 Å². The number of rotatable bonds is 16. The number of Topliss-reactive ketones (excluding diaryl/α,β-unsaturated/α-hetero) is 1. The van der Waals surface area contributed by atoms with Crippen LogP contribution in [0.3, 0.4) is 0 Å². The van der Waals surface area contributed by atoms with Crippen molar-refractivity contribution in [1.29, 1.82) is 0 Å².